The molecule has 3 rings (SSSR count). The van der Waals surface area contributed by atoms with Gasteiger partial charge in [0, 0.05) is 19.1 Å². The molecule has 3 unspecified atom stereocenters. The van der Waals surface area contributed by atoms with Crippen molar-refractivity contribution in [1.29, 1.82) is 0 Å². The first-order chi connectivity index (χ1) is 9.13. The van der Waals surface area contributed by atoms with E-state index in [2.05, 4.69) is 0 Å². The monoisotopic (exact) mass is 296 g/mol. The van der Waals surface area contributed by atoms with Crippen LogP contribution < -0.4 is 5.73 Å². The number of likely N-dealkylation sites (tertiary alicyclic amines) is 1. The summed E-state index contributed by atoms with van der Waals surface area (Å²) >= 11 is 0. The van der Waals surface area contributed by atoms with Crippen LogP contribution in [0.15, 0.2) is 24.3 Å². The number of hydrogen-bond donors (Lipinski definition) is 2. The summed E-state index contributed by atoms with van der Waals surface area (Å²) in [6, 6.07) is 7.18. The molecule has 5 heteroatoms. The van der Waals surface area contributed by atoms with E-state index >= 15 is 0 Å². The lowest BCUT2D eigenvalue weighted by atomic mass is 9.98. The van der Waals surface area contributed by atoms with E-state index in [4.69, 9.17) is 5.73 Å². The van der Waals surface area contributed by atoms with Gasteiger partial charge in [-0.2, -0.15) is 0 Å². The van der Waals surface area contributed by atoms with E-state index in [1.54, 1.807) is 18.2 Å². The third-order valence-corrected chi connectivity index (χ3v) is 4.53. The van der Waals surface area contributed by atoms with E-state index in [1.165, 1.54) is 0 Å². The van der Waals surface area contributed by atoms with Crippen molar-refractivity contribution in [3.8, 4) is 5.75 Å². The van der Waals surface area contributed by atoms with Gasteiger partial charge in [-0.15, -0.1) is 12.4 Å². The average molecular weight is 297 g/mol. The van der Waals surface area contributed by atoms with Crippen molar-refractivity contribution in [3.05, 3.63) is 29.8 Å². The topological polar surface area (TPSA) is 66.6 Å². The lowest BCUT2D eigenvalue weighted by Crippen LogP contribution is -2.34. The fraction of sp³-hybridized carbons (Fsp3) is 0.533. The fourth-order valence-corrected chi connectivity index (χ4v) is 3.46. The molecule has 3 N–H and O–H groups in total. The van der Waals surface area contributed by atoms with Crippen LogP contribution in [-0.4, -0.2) is 35.0 Å². The molecule has 1 aromatic rings. The van der Waals surface area contributed by atoms with Crippen LogP contribution in [0.5, 0.6) is 5.75 Å². The van der Waals surface area contributed by atoms with Crippen molar-refractivity contribution in [1.82, 2.24) is 4.90 Å². The van der Waals surface area contributed by atoms with Gasteiger partial charge in [-0.1, -0.05) is 12.1 Å². The first-order valence-corrected chi connectivity index (χ1v) is 6.95. The van der Waals surface area contributed by atoms with Gasteiger partial charge in [0.25, 0.3) is 0 Å². The molecule has 20 heavy (non-hydrogen) atoms. The van der Waals surface area contributed by atoms with Crippen LogP contribution in [0.2, 0.25) is 0 Å². The molecule has 0 radical (unpaired) electrons. The molecule has 2 aliphatic rings. The summed E-state index contributed by atoms with van der Waals surface area (Å²) < 4.78 is 0. The Morgan fingerprint density at radius 2 is 2.15 bits per heavy atom. The number of hydrogen-bond acceptors (Lipinski definition) is 3. The van der Waals surface area contributed by atoms with Crippen LogP contribution in [0.4, 0.5) is 0 Å². The van der Waals surface area contributed by atoms with Gasteiger partial charge in [0.05, 0.1) is 6.42 Å². The Bertz CT molecular complexity index is 495. The lowest BCUT2D eigenvalue weighted by molar-refractivity contribution is -0.129. The van der Waals surface area contributed by atoms with Crippen LogP contribution in [0.1, 0.15) is 18.4 Å². The standard InChI is InChI=1S/C15H20N2O2.ClH/c16-14-5-4-11-8-17(9-13(11)14)15(19)7-10-2-1-3-12(18)6-10;/h1-3,6,11,13-14,18H,4-5,7-9,16H2;1H. The summed E-state index contributed by atoms with van der Waals surface area (Å²) in [5, 5.41) is 9.42. The van der Waals surface area contributed by atoms with E-state index in [0.717, 1.165) is 31.5 Å². The number of carbonyl (C=O) groups excluding carboxylic acids is 1. The van der Waals surface area contributed by atoms with Crippen molar-refractivity contribution in [2.24, 2.45) is 17.6 Å². The lowest BCUT2D eigenvalue weighted by Gasteiger charge is -2.18. The zero-order chi connectivity index (χ0) is 13.4. The maximum absolute atomic E-state index is 12.3. The number of fused-ring (bicyclic) bond motifs is 1. The van der Waals surface area contributed by atoms with Gasteiger partial charge < -0.3 is 15.7 Å². The molecule has 0 spiro atoms. The van der Waals surface area contributed by atoms with E-state index < -0.39 is 0 Å². The predicted molar refractivity (Wildman–Crippen MR) is 79.8 cm³/mol. The van der Waals surface area contributed by atoms with Crippen LogP contribution in [0, 0.1) is 11.8 Å². The molecule has 4 nitrogen and oxygen atoms in total. The minimum absolute atomic E-state index is 0. The zero-order valence-electron chi connectivity index (χ0n) is 11.4. The van der Waals surface area contributed by atoms with Crippen molar-refractivity contribution in [3.63, 3.8) is 0 Å². The Kier molecular flexibility index (Phi) is 4.55. The molecule has 0 bridgehead atoms. The van der Waals surface area contributed by atoms with E-state index in [0.29, 0.717) is 18.3 Å². The number of phenols is 1. The number of halogens is 1. The SMILES string of the molecule is Cl.NC1CCC2CN(C(=O)Cc3cccc(O)c3)CC12. The second-order valence-corrected chi connectivity index (χ2v) is 5.81. The van der Waals surface area contributed by atoms with Crippen LogP contribution in [0.3, 0.4) is 0 Å². The van der Waals surface area contributed by atoms with E-state index in [1.807, 2.05) is 11.0 Å². The molecule has 0 aromatic heterocycles. The third kappa shape index (κ3) is 2.91. The Morgan fingerprint density at radius 1 is 1.35 bits per heavy atom. The molecule has 2 fully saturated rings. The number of carbonyl (C=O) groups is 1. The highest BCUT2D eigenvalue weighted by molar-refractivity contribution is 5.85. The van der Waals surface area contributed by atoms with Gasteiger partial charge in [0.1, 0.15) is 5.75 Å². The summed E-state index contributed by atoms with van der Waals surface area (Å²) in [4.78, 5) is 14.2. The number of benzene rings is 1. The molecular formula is C15H21ClN2O2. The van der Waals surface area contributed by atoms with Crippen LogP contribution >= 0.6 is 12.4 Å². The Morgan fingerprint density at radius 3 is 2.85 bits per heavy atom. The van der Waals surface area contributed by atoms with Gasteiger partial charge in [-0.3, -0.25) is 4.79 Å². The van der Waals surface area contributed by atoms with Crippen molar-refractivity contribution >= 4 is 18.3 Å². The average Bonchev–Trinajstić information content (AvgIpc) is 2.92. The normalized spacial score (nSPS) is 28.1. The Hall–Kier alpha value is -1.26. The minimum atomic E-state index is 0. The van der Waals surface area contributed by atoms with Gasteiger partial charge in [0.2, 0.25) is 5.91 Å². The highest BCUT2D eigenvalue weighted by Crippen LogP contribution is 2.37. The molecular weight excluding hydrogens is 276 g/mol. The molecule has 3 atom stereocenters. The summed E-state index contributed by atoms with van der Waals surface area (Å²) in [5.74, 6) is 1.45. The van der Waals surface area contributed by atoms with E-state index in [-0.39, 0.29) is 30.1 Å². The quantitative estimate of drug-likeness (QED) is 0.870. The maximum atomic E-state index is 12.3. The Balaban J connectivity index is 0.00000147. The second-order valence-electron chi connectivity index (χ2n) is 5.81. The van der Waals surface area contributed by atoms with Gasteiger partial charge in [0.15, 0.2) is 0 Å². The third-order valence-electron chi connectivity index (χ3n) is 4.53. The number of phenolic OH excluding ortho intramolecular Hbond substituents is 1. The minimum Gasteiger partial charge on any atom is -0.508 e. The molecule has 1 amide bonds. The molecule has 110 valence electrons. The number of nitrogens with zero attached hydrogens (tertiary/aromatic N) is 1. The summed E-state index contributed by atoms with van der Waals surface area (Å²) in [6.45, 7) is 1.67. The summed E-state index contributed by atoms with van der Waals surface area (Å²) in [5.41, 5.74) is 6.95. The first kappa shape index (κ1) is 15.1. The molecule has 1 saturated carbocycles. The first-order valence-electron chi connectivity index (χ1n) is 6.95. The predicted octanol–water partition coefficient (Wildman–Crippen LogP) is 1.55. The van der Waals surface area contributed by atoms with Gasteiger partial charge in [-0.25, -0.2) is 0 Å². The van der Waals surface area contributed by atoms with Crippen molar-refractivity contribution in [2.45, 2.75) is 25.3 Å². The summed E-state index contributed by atoms with van der Waals surface area (Å²) in [6.07, 6.45) is 2.62. The van der Waals surface area contributed by atoms with Gasteiger partial charge in [-0.05, 0) is 42.4 Å². The Labute approximate surface area is 125 Å². The highest BCUT2D eigenvalue weighted by atomic mass is 35.5. The summed E-state index contributed by atoms with van der Waals surface area (Å²) in [7, 11) is 0. The number of rotatable bonds is 2. The maximum Gasteiger partial charge on any atom is 0.227 e. The number of amides is 1. The van der Waals surface area contributed by atoms with Gasteiger partial charge >= 0.3 is 0 Å². The van der Waals surface area contributed by atoms with Crippen molar-refractivity contribution in [2.75, 3.05) is 13.1 Å². The fourth-order valence-electron chi connectivity index (χ4n) is 3.46. The molecule has 1 saturated heterocycles. The number of nitrogens with two attached hydrogens (primary N) is 1. The van der Waals surface area contributed by atoms with Crippen LogP contribution in [0.25, 0.3) is 0 Å². The smallest absolute Gasteiger partial charge is 0.227 e. The van der Waals surface area contributed by atoms with Crippen LogP contribution in [-0.2, 0) is 11.2 Å². The molecule has 1 aliphatic carbocycles. The number of aromatic hydroxyl groups is 1. The largest absolute Gasteiger partial charge is 0.508 e. The van der Waals surface area contributed by atoms with E-state index in [9.17, 15) is 9.90 Å². The molecule has 1 heterocycles. The zero-order valence-corrected chi connectivity index (χ0v) is 12.2. The van der Waals surface area contributed by atoms with Crippen molar-refractivity contribution < 1.29 is 9.90 Å². The molecule has 1 aromatic carbocycles. The second kappa shape index (κ2) is 6.02. The molecule has 1 aliphatic heterocycles. The highest BCUT2D eigenvalue weighted by Gasteiger charge is 2.42.